The average molecular weight is 434 g/mol. The van der Waals surface area contributed by atoms with Gasteiger partial charge in [0.15, 0.2) is 17.3 Å². The minimum Gasteiger partial charge on any atom is -0.491 e. The first-order valence-electron chi connectivity index (χ1n) is 10.6. The first-order valence-corrected chi connectivity index (χ1v) is 10.6. The Labute approximate surface area is 183 Å². The third-order valence-corrected chi connectivity index (χ3v) is 6.71. The largest absolute Gasteiger partial charge is 0.491 e. The Morgan fingerprint density at radius 3 is 2.62 bits per heavy atom. The molecule has 0 aromatic heterocycles. The number of alkyl halides is 2. The van der Waals surface area contributed by atoms with E-state index in [1.165, 1.54) is 6.07 Å². The van der Waals surface area contributed by atoms with Crippen LogP contribution in [0.15, 0.2) is 60.7 Å². The minimum atomic E-state index is -2.54. The van der Waals surface area contributed by atoms with E-state index in [-0.39, 0.29) is 24.6 Å². The Morgan fingerprint density at radius 1 is 0.938 bits per heavy atom. The molecule has 0 amide bonds. The van der Waals surface area contributed by atoms with Gasteiger partial charge in [-0.15, -0.1) is 0 Å². The van der Waals surface area contributed by atoms with Crippen LogP contribution in [0, 0.1) is 0 Å². The summed E-state index contributed by atoms with van der Waals surface area (Å²) >= 11 is 0. The number of fused-ring (bicyclic) bond motifs is 5. The van der Waals surface area contributed by atoms with Crippen molar-refractivity contribution >= 4 is 5.78 Å². The fourth-order valence-electron chi connectivity index (χ4n) is 5.16. The first kappa shape index (κ1) is 19.3. The maximum atomic E-state index is 13.3. The molecule has 0 saturated heterocycles. The van der Waals surface area contributed by atoms with E-state index in [1.807, 2.05) is 30.3 Å². The molecule has 6 rings (SSSR count). The zero-order valence-electron chi connectivity index (χ0n) is 17.1. The fraction of sp³-hybridized carbons (Fsp3) is 0.269. The van der Waals surface area contributed by atoms with Gasteiger partial charge in [0.1, 0.15) is 30.5 Å². The second kappa shape index (κ2) is 7.05. The third-order valence-electron chi connectivity index (χ3n) is 6.71. The highest BCUT2D eigenvalue weighted by molar-refractivity contribution is 6.01. The Hall–Kier alpha value is -3.41. The molecule has 2 unspecified atom stereocenters. The van der Waals surface area contributed by atoms with Gasteiger partial charge in [-0.1, -0.05) is 48.5 Å². The van der Waals surface area contributed by atoms with Crippen LogP contribution in [0.3, 0.4) is 0 Å². The van der Waals surface area contributed by atoms with Gasteiger partial charge in [0.2, 0.25) is 0 Å². The van der Waals surface area contributed by atoms with E-state index >= 15 is 0 Å². The van der Waals surface area contributed by atoms with Crippen molar-refractivity contribution in [3.05, 3.63) is 88.5 Å². The van der Waals surface area contributed by atoms with E-state index in [4.69, 9.17) is 14.2 Å². The number of hydrogen-bond donors (Lipinski definition) is 0. The van der Waals surface area contributed by atoms with Crippen molar-refractivity contribution in [1.29, 1.82) is 0 Å². The lowest BCUT2D eigenvalue weighted by molar-refractivity contribution is -0.121. The molecule has 0 fully saturated rings. The number of hydrogen-bond acceptors (Lipinski definition) is 4. The van der Waals surface area contributed by atoms with E-state index in [0.29, 0.717) is 35.7 Å². The van der Waals surface area contributed by atoms with Gasteiger partial charge in [-0.05, 0) is 22.8 Å². The summed E-state index contributed by atoms with van der Waals surface area (Å²) < 4.78 is 44.7. The van der Waals surface area contributed by atoms with Crippen molar-refractivity contribution in [2.75, 3.05) is 13.2 Å². The maximum absolute atomic E-state index is 13.3. The van der Waals surface area contributed by atoms with Crippen LogP contribution in [0.1, 0.15) is 34.2 Å². The fourth-order valence-corrected chi connectivity index (χ4v) is 5.16. The molecule has 3 aromatic carbocycles. The maximum Gasteiger partial charge on any atom is 0.264 e. The summed E-state index contributed by atoms with van der Waals surface area (Å²) in [7, 11) is 0. The molecule has 2 heterocycles. The molecule has 0 bridgehead atoms. The number of carbonyl (C=O) groups is 1. The Morgan fingerprint density at radius 2 is 1.75 bits per heavy atom. The number of halogens is 2. The Bertz CT molecular complexity index is 1240. The van der Waals surface area contributed by atoms with Crippen molar-refractivity contribution in [3.8, 4) is 17.2 Å². The van der Waals surface area contributed by atoms with Gasteiger partial charge in [-0.25, -0.2) is 8.78 Å². The van der Waals surface area contributed by atoms with Crippen molar-refractivity contribution in [3.63, 3.8) is 0 Å². The molecule has 32 heavy (non-hydrogen) atoms. The molecule has 1 spiro atoms. The minimum absolute atomic E-state index is 0.0135. The van der Waals surface area contributed by atoms with Crippen molar-refractivity contribution in [2.45, 2.75) is 30.8 Å². The topological polar surface area (TPSA) is 44.8 Å². The highest BCUT2D eigenvalue weighted by Gasteiger charge is 2.53. The van der Waals surface area contributed by atoms with Crippen LogP contribution in [0.5, 0.6) is 17.2 Å². The SMILES string of the molecule is O=C1Cc2ccccc2C12COc1cc3c(cc12)OCC(Cc1ccccc1C(F)F)O3. The molecule has 2 aliphatic heterocycles. The third kappa shape index (κ3) is 2.75. The smallest absolute Gasteiger partial charge is 0.264 e. The predicted molar refractivity (Wildman–Crippen MR) is 113 cm³/mol. The normalized spacial score (nSPS) is 22.7. The summed E-state index contributed by atoms with van der Waals surface area (Å²) in [6, 6.07) is 18.0. The standard InChI is InChI=1S/C26H20F2O4/c27-25(28)18-7-3-1-5-15(18)9-17-13-30-22-11-20-21(12-23(22)32-17)31-14-26(20)19-8-4-2-6-16(19)10-24(26)29/h1-8,11-12,17,25H,9-10,13-14H2. The number of ketones is 1. The van der Waals surface area contributed by atoms with E-state index in [0.717, 1.165) is 16.7 Å². The van der Waals surface area contributed by atoms with Crippen molar-refractivity contribution < 1.29 is 27.8 Å². The summed E-state index contributed by atoms with van der Waals surface area (Å²) in [5.41, 5.74) is 2.57. The van der Waals surface area contributed by atoms with Gasteiger partial charge in [-0.2, -0.15) is 0 Å². The van der Waals surface area contributed by atoms with Crippen LogP contribution in [-0.2, 0) is 23.1 Å². The zero-order chi connectivity index (χ0) is 21.9. The molecule has 3 aromatic rings. The van der Waals surface area contributed by atoms with E-state index in [2.05, 4.69) is 0 Å². The molecule has 4 nitrogen and oxygen atoms in total. The quantitative estimate of drug-likeness (QED) is 0.594. The summed E-state index contributed by atoms with van der Waals surface area (Å²) in [5, 5.41) is 0. The molecular formula is C26H20F2O4. The second-order valence-electron chi connectivity index (χ2n) is 8.50. The first-order chi connectivity index (χ1) is 15.6. The summed E-state index contributed by atoms with van der Waals surface area (Å²) in [4.78, 5) is 13.1. The molecule has 162 valence electrons. The van der Waals surface area contributed by atoms with Crippen LogP contribution in [0.2, 0.25) is 0 Å². The van der Waals surface area contributed by atoms with Crippen LogP contribution in [0.25, 0.3) is 0 Å². The lowest BCUT2D eigenvalue weighted by Crippen LogP contribution is -2.35. The lowest BCUT2D eigenvalue weighted by atomic mass is 9.76. The van der Waals surface area contributed by atoms with E-state index in [1.54, 1.807) is 24.3 Å². The summed E-state index contributed by atoms with van der Waals surface area (Å²) in [5.74, 6) is 1.77. The summed E-state index contributed by atoms with van der Waals surface area (Å²) in [6.45, 7) is 0.494. The van der Waals surface area contributed by atoms with Crippen LogP contribution < -0.4 is 14.2 Å². The van der Waals surface area contributed by atoms with Gasteiger partial charge < -0.3 is 14.2 Å². The second-order valence-corrected chi connectivity index (χ2v) is 8.50. The number of ether oxygens (including phenoxy) is 3. The van der Waals surface area contributed by atoms with Gasteiger partial charge in [0.05, 0.1) is 0 Å². The number of rotatable bonds is 3. The van der Waals surface area contributed by atoms with Crippen LogP contribution >= 0.6 is 0 Å². The molecule has 1 aliphatic carbocycles. The summed E-state index contributed by atoms with van der Waals surface area (Å²) in [6.07, 6.45) is -2.24. The van der Waals surface area contributed by atoms with Crippen molar-refractivity contribution in [1.82, 2.24) is 0 Å². The van der Waals surface area contributed by atoms with E-state index < -0.39 is 17.9 Å². The van der Waals surface area contributed by atoms with Gasteiger partial charge >= 0.3 is 0 Å². The highest BCUT2D eigenvalue weighted by Crippen LogP contribution is 2.52. The molecule has 3 aliphatic rings. The average Bonchev–Trinajstić information content (AvgIpc) is 3.31. The number of carbonyl (C=O) groups excluding carboxylic acids is 1. The predicted octanol–water partition coefficient (Wildman–Crippen LogP) is 4.81. The molecule has 0 saturated carbocycles. The van der Waals surface area contributed by atoms with Gasteiger partial charge in [0, 0.05) is 30.0 Å². The van der Waals surface area contributed by atoms with E-state index in [9.17, 15) is 13.6 Å². The Balaban J connectivity index is 1.32. The van der Waals surface area contributed by atoms with Gasteiger partial charge in [0.25, 0.3) is 6.43 Å². The van der Waals surface area contributed by atoms with Crippen LogP contribution in [-0.4, -0.2) is 25.1 Å². The molecule has 6 heteroatoms. The molecule has 0 radical (unpaired) electrons. The zero-order valence-corrected chi connectivity index (χ0v) is 17.1. The number of Topliss-reactive ketones (excluding diaryl/α,β-unsaturated/α-hetero) is 1. The molecule has 0 N–H and O–H groups in total. The molecular weight excluding hydrogens is 414 g/mol. The highest BCUT2D eigenvalue weighted by atomic mass is 19.3. The monoisotopic (exact) mass is 434 g/mol. The number of benzene rings is 3. The van der Waals surface area contributed by atoms with Crippen LogP contribution in [0.4, 0.5) is 8.78 Å². The Kier molecular flexibility index (Phi) is 4.25. The van der Waals surface area contributed by atoms with Gasteiger partial charge in [-0.3, -0.25) is 4.79 Å². The molecule has 2 atom stereocenters. The lowest BCUT2D eigenvalue weighted by Gasteiger charge is -2.28. The van der Waals surface area contributed by atoms with Crippen molar-refractivity contribution in [2.24, 2.45) is 0 Å².